The quantitative estimate of drug-likeness (QED) is 0.669. The minimum atomic E-state index is -0.564. The van der Waals surface area contributed by atoms with Crippen molar-refractivity contribution in [3.63, 3.8) is 0 Å². The molecule has 0 saturated heterocycles. The second-order valence-corrected chi connectivity index (χ2v) is 6.73. The van der Waals surface area contributed by atoms with Crippen LogP contribution in [0, 0.1) is 0 Å². The predicted octanol–water partition coefficient (Wildman–Crippen LogP) is 3.51. The Morgan fingerprint density at radius 3 is 2.48 bits per heavy atom. The summed E-state index contributed by atoms with van der Waals surface area (Å²) in [5.74, 6) is 1.30. The van der Waals surface area contributed by atoms with Crippen molar-refractivity contribution in [2.45, 2.75) is 45.9 Å². The number of aryl methyl sites for hydroxylation is 1. The van der Waals surface area contributed by atoms with E-state index in [9.17, 15) is 5.11 Å². The summed E-state index contributed by atoms with van der Waals surface area (Å²) in [4.78, 5) is 0. The highest BCUT2D eigenvalue weighted by Gasteiger charge is 2.17. The zero-order valence-electron chi connectivity index (χ0n) is 15.2. The highest BCUT2D eigenvalue weighted by atomic mass is 16.5. The average molecular weight is 339 g/mol. The lowest BCUT2D eigenvalue weighted by molar-refractivity contribution is -0.679. The van der Waals surface area contributed by atoms with Gasteiger partial charge in [0.25, 0.3) is 0 Å². The summed E-state index contributed by atoms with van der Waals surface area (Å²) < 4.78 is 10.0. The molecule has 0 bridgehead atoms. The summed E-state index contributed by atoms with van der Waals surface area (Å²) in [6.45, 7) is 8.16. The van der Waals surface area contributed by atoms with Crippen molar-refractivity contribution < 1.29 is 14.4 Å². The molecule has 0 amide bonds. The number of ether oxygens (including phenoxy) is 1. The molecule has 0 aliphatic heterocycles. The van der Waals surface area contributed by atoms with E-state index in [1.165, 1.54) is 11.1 Å². The molecule has 4 heteroatoms. The molecule has 1 atom stereocenters. The molecular weight excluding hydrogens is 312 g/mol. The van der Waals surface area contributed by atoms with Crippen molar-refractivity contribution in [3.05, 3.63) is 60.4 Å². The lowest BCUT2D eigenvalue weighted by atomic mass is 10.0. The number of nitrogens with zero attached hydrogens (tertiary/aromatic N) is 2. The van der Waals surface area contributed by atoms with Crippen molar-refractivity contribution in [1.82, 2.24) is 4.57 Å². The molecule has 3 aromatic rings. The third-order valence-corrected chi connectivity index (χ3v) is 4.52. The predicted molar refractivity (Wildman–Crippen MR) is 99.8 cm³/mol. The molecule has 0 fully saturated rings. The number of aliphatic hydroxyl groups is 1. The molecule has 0 saturated carbocycles. The molecule has 1 heterocycles. The van der Waals surface area contributed by atoms with Crippen molar-refractivity contribution in [2.24, 2.45) is 0 Å². The molecule has 0 radical (unpaired) electrons. The number of hydrogen-bond acceptors (Lipinski definition) is 2. The molecule has 0 spiro atoms. The first-order valence-corrected chi connectivity index (χ1v) is 8.96. The molecule has 4 nitrogen and oxygen atoms in total. The van der Waals surface area contributed by atoms with Crippen LogP contribution in [-0.2, 0) is 13.1 Å². The Morgan fingerprint density at radius 2 is 1.80 bits per heavy atom. The van der Waals surface area contributed by atoms with Crippen molar-refractivity contribution >= 4 is 11.0 Å². The molecule has 3 rings (SSSR count). The number of rotatable bonds is 7. The van der Waals surface area contributed by atoms with Gasteiger partial charge in [0, 0.05) is 0 Å². The average Bonchev–Trinajstić information content (AvgIpc) is 2.98. The fraction of sp³-hybridized carbons (Fsp3) is 0.381. The van der Waals surface area contributed by atoms with E-state index in [1.54, 1.807) is 0 Å². The summed E-state index contributed by atoms with van der Waals surface area (Å²) in [5, 5.41) is 10.4. The lowest BCUT2D eigenvalue weighted by Gasteiger charge is -2.12. The first kappa shape index (κ1) is 17.5. The second-order valence-electron chi connectivity index (χ2n) is 6.73. The van der Waals surface area contributed by atoms with Gasteiger partial charge in [-0.05, 0) is 42.7 Å². The van der Waals surface area contributed by atoms with Crippen LogP contribution in [0.4, 0.5) is 0 Å². The van der Waals surface area contributed by atoms with E-state index < -0.39 is 6.10 Å². The van der Waals surface area contributed by atoms with Crippen LogP contribution in [0.25, 0.3) is 11.0 Å². The summed E-state index contributed by atoms with van der Waals surface area (Å²) in [7, 11) is 0. The minimum Gasteiger partial charge on any atom is -0.491 e. The second kappa shape index (κ2) is 7.70. The Labute approximate surface area is 149 Å². The minimum absolute atomic E-state index is 0.277. The number of aromatic nitrogens is 2. The summed E-state index contributed by atoms with van der Waals surface area (Å²) in [5.41, 5.74) is 3.60. The first-order valence-electron chi connectivity index (χ1n) is 8.96. The van der Waals surface area contributed by atoms with Gasteiger partial charge in [0.05, 0.1) is 6.54 Å². The van der Waals surface area contributed by atoms with Gasteiger partial charge in [0.1, 0.15) is 25.0 Å². The van der Waals surface area contributed by atoms with Gasteiger partial charge in [0.15, 0.2) is 11.0 Å². The van der Waals surface area contributed by atoms with Crippen molar-refractivity contribution in [1.29, 1.82) is 0 Å². The fourth-order valence-electron chi connectivity index (χ4n) is 3.06. The van der Waals surface area contributed by atoms with Crippen LogP contribution in [0.1, 0.15) is 32.3 Å². The Bertz CT molecular complexity index is 822. The van der Waals surface area contributed by atoms with E-state index >= 15 is 0 Å². The maximum atomic E-state index is 10.4. The SMILES string of the molecule is CCn1c[n+](CC(O)COc2ccc(C(C)C)cc2)c2ccccc21. The van der Waals surface area contributed by atoms with Crippen LogP contribution in [0.2, 0.25) is 0 Å². The maximum Gasteiger partial charge on any atom is 0.244 e. The van der Waals surface area contributed by atoms with Crippen LogP contribution < -0.4 is 9.30 Å². The normalized spacial score (nSPS) is 12.7. The molecule has 2 aromatic carbocycles. The van der Waals surface area contributed by atoms with Crippen molar-refractivity contribution in [3.8, 4) is 5.75 Å². The number of imidazole rings is 1. The van der Waals surface area contributed by atoms with E-state index in [4.69, 9.17) is 4.74 Å². The van der Waals surface area contributed by atoms with E-state index in [1.807, 2.05) is 24.3 Å². The molecule has 0 aliphatic rings. The number of aliphatic hydroxyl groups excluding tert-OH is 1. The standard InChI is InChI=1S/C21H27N2O2/c1-4-22-15-23(21-8-6-5-7-20(21)22)13-18(24)14-25-19-11-9-17(10-12-19)16(2)3/h5-12,15-16,18,24H,4,13-14H2,1-3H3/q+1. The molecule has 0 aliphatic carbocycles. The summed E-state index contributed by atoms with van der Waals surface area (Å²) in [6.07, 6.45) is 1.50. The van der Waals surface area contributed by atoms with Crippen LogP contribution in [-0.4, -0.2) is 22.4 Å². The van der Waals surface area contributed by atoms with Crippen LogP contribution in [0.15, 0.2) is 54.9 Å². The smallest absolute Gasteiger partial charge is 0.244 e. The van der Waals surface area contributed by atoms with Gasteiger partial charge in [-0.3, -0.25) is 0 Å². The summed E-state index contributed by atoms with van der Waals surface area (Å²) >= 11 is 0. The third kappa shape index (κ3) is 4.02. The van der Waals surface area contributed by atoms with E-state index in [0.717, 1.165) is 17.8 Å². The molecule has 25 heavy (non-hydrogen) atoms. The van der Waals surface area contributed by atoms with Crippen LogP contribution in [0.5, 0.6) is 5.75 Å². The van der Waals surface area contributed by atoms with Crippen LogP contribution >= 0.6 is 0 Å². The fourth-order valence-corrected chi connectivity index (χ4v) is 3.06. The zero-order chi connectivity index (χ0) is 17.8. The summed E-state index contributed by atoms with van der Waals surface area (Å²) in [6, 6.07) is 16.4. The Hall–Kier alpha value is -2.33. The van der Waals surface area contributed by atoms with Gasteiger partial charge in [-0.15, -0.1) is 0 Å². The number of fused-ring (bicyclic) bond motifs is 1. The Kier molecular flexibility index (Phi) is 5.39. The first-order chi connectivity index (χ1) is 12.1. The molecule has 1 unspecified atom stereocenters. The number of para-hydroxylation sites is 2. The van der Waals surface area contributed by atoms with Gasteiger partial charge < -0.3 is 9.84 Å². The molecule has 132 valence electrons. The van der Waals surface area contributed by atoms with Gasteiger partial charge >= 0.3 is 0 Å². The third-order valence-electron chi connectivity index (χ3n) is 4.52. The molecular formula is C21H27N2O2+. The van der Waals surface area contributed by atoms with Crippen LogP contribution in [0.3, 0.4) is 0 Å². The van der Waals surface area contributed by atoms with Gasteiger partial charge in [0.2, 0.25) is 6.33 Å². The van der Waals surface area contributed by atoms with Gasteiger partial charge in [-0.2, -0.15) is 0 Å². The highest BCUT2D eigenvalue weighted by molar-refractivity contribution is 5.71. The van der Waals surface area contributed by atoms with E-state index in [2.05, 4.69) is 60.5 Å². The number of benzene rings is 2. The van der Waals surface area contributed by atoms with Gasteiger partial charge in [-0.25, -0.2) is 9.13 Å². The Morgan fingerprint density at radius 1 is 1.08 bits per heavy atom. The van der Waals surface area contributed by atoms with E-state index in [-0.39, 0.29) is 6.61 Å². The Balaban J connectivity index is 1.64. The number of hydrogen-bond donors (Lipinski definition) is 1. The zero-order valence-corrected chi connectivity index (χ0v) is 15.2. The van der Waals surface area contributed by atoms with E-state index in [0.29, 0.717) is 12.5 Å². The molecule has 1 N–H and O–H groups in total. The topological polar surface area (TPSA) is 38.3 Å². The largest absolute Gasteiger partial charge is 0.491 e. The maximum absolute atomic E-state index is 10.4. The monoisotopic (exact) mass is 339 g/mol. The van der Waals surface area contributed by atoms with Gasteiger partial charge in [-0.1, -0.05) is 38.1 Å². The molecule has 1 aromatic heterocycles. The lowest BCUT2D eigenvalue weighted by Crippen LogP contribution is -2.41. The highest BCUT2D eigenvalue weighted by Crippen LogP contribution is 2.18. The van der Waals surface area contributed by atoms with Crippen molar-refractivity contribution in [2.75, 3.05) is 6.61 Å².